The zero-order chi connectivity index (χ0) is 19.1. The molecule has 0 spiro atoms. The van der Waals surface area contributed by atoms with Gasteiger partial charge in [0, 0.05) is 17.6 Å². The molecule has 1 amide bonds. The molecule has 28 heavy (non-hydrogen) atoms. The Morgan fingerprint density at radius 3 is 2.68 bits per heavy atom. The Labute approximate surface area is 163 Å². The summed E-state index contributed by atoms with van der Waals surface area (Å²) in [5.41, 5.74) is 4.15. The summed E-state index contributed by atoms with van der Waals surface area (Å²) in [6.45, 7) is 2.03. The number of anilines is 1. The molecule has 2 aliphatic rings. The van der Waals surface area contributed by atoms with Crippen molar-refractivity contribution in [1.29, 1.82) is 0 Å². The molecule has 0 saturated heterocycles. The largest absolute Gasteiger partial charge is 0.365 e. The maximum Gasteiger partial charge on any atom is 0.251 e. The second-order valence-electron chi connectivity index (χ2n) is 7.88. The van der Waals surface area contributed by atoms with Crippen molar-refractivity contribution >= 4 is 22.9 Å². The Hall–Kier alpha value is -2.96. The fourth-order valence-corrected chi connectivity index (χ4v) is 3.89. The predicted octanol–water partition coefficient (Wildman–Crippen LogP) is 3.37. The fraction of sp³-hybridized carbons (Fsp3) is 0.429. The number of benzene rings is 1. The third-order valence-electron chi connectivity index (χ3n) is 5.67. The van der Waals surface area contributed by atoms with E-state index in [1.54, 1.807) is 12.7 Å². The number of imidazole rings is 1. The molecule has 2 heterocycles. The molecule has 2 aliphatic carbocycles. The Morgan fingerprint density at radius 2 is 1.89 bits per heavy atom. The van der Waals surface area contributed by atoms with E-state index in [1.165, 1.54) is 25.7 Å². The van der Waals surface area contributed by atoms with E-state index in [2.05, 4.69) is 25.6 Å². The Bertz CT molecular complexity index is 1030. The van der Waals surface area contributed by atoms with Crippen molar-refractivity contribution in [1.82, 2.24) is 24.8 Å². The number of hydrogen-bond donors (Lipinski definition) is 2. The van der Waals surface area contributed by atoms with E-state index in [0.29, 0.717) is 17.6 Å². The Kier molecular flexibility index (Phi) is 4.22. The molecule has 7 nitrogen and oxygen atoms in total. The third-order valence-corrected chi connectivity index (χ3v) is 5.67. The van der Waals surface area contributed by atoms with E-state index in [4.69, 9.17) is 0 Å². The number of nitrogens with zero attached hydrogens (tertiary/aromatic N) is 4. The van der Waals surface area contributed by atoms with E-state index in [1.807, 2.05) is 29.7 Å². The van der Waals surface area contributed by atoms with E-state index in [9.17, 15) is 4.79 Å². The highest BCUT2D eigenvalue weighted by molar-refractivity contribution is 5.95. The van der Waals surface area contributed by atoms with Gasteiger partial charge in [-0.05, 0) is 50.3 Å². The van der Waals surface area contributed by atoms with Crippen LogP contribution in [0.1, 0.15) is 54.4 Å². The number of rotatable bonds is 5. The van der Waals surface area contributed by atoms with Crippen LogP contribution >= 0.6 is 0 Å². The van der Waals surface area contributed by atoms with Gasteiger partial charge >= 0.3 is 0 Å². The molecule has 2 N–H and O–H groups in total. The lowest BCUT2D eigenvalue weighted by atomic mass is 10.1. The third kappa shape index (κ3) is 3.21. The SMILES string of the molecule is Cc1ccc(C(=O)NC2CC2)cc1-n1cnc2c(NC3CCCC3)ncnc21. The first kappa shape index (κ1) is 17.2. The van der Waals surface area contributed by atoms with Crippen molar-refractivity contribution < 1.29 is 4.79 Å². The zero-order valence-electron chi connectivity index (χ0n) is 16.0. The molecule has 0 atom stereocenters. The molecule has 2 aromatic heterocycles. The van der Waals surface area contributed by atoms with Gasteiger partial charge < -0.3 is 10.6 Å². The van der Waals surface area contributed by atoms with Crippen LogP contribution in [0.15, 0.2) is 30.9 Å². The van der Waals surface area contributed by atoms with Gasteiger partial charge in [0.15, 0.2) is 17.0 Å². The normalized spacial score (nSPS) is 17.2. The first-order valence-corrected chi connectivity index (χ1v) is 10.1. The van der Waals surface area contributed by atoms with Gasteiger partial charge in [0.1, 0.15) is 12.7 Å². The number of aryl methyl sites for hydroxylation is 1. The van der Waals surface area contributed by atoms with Crippen LogP contribution < -0.4 is 10.6 Å². The molecule has 3 aromatic rings. The van der Waals surface area contributed by atoms with Gasteiger partial charge in [-0.2, -0.15) is 0 Å². The average molecular weight is 376 g/mol. The summed E-state index contributed by atoms with van der Waals surface area (Å²) in [4.78, 5) is 26.0. The molecule has 0 radical (unpaired) electrons. The minimum absolute atomic E-state index is 0.0219. The molecular formula is C21H24N6O. The summed E-state index contributed by atoms with van der Waals surface area (Å²) >= 11 is 0. The highest BCUT2D eigenvalue weighted by atomic mass is 16.1. The van der Waals surface area contributed by atoms with Crippen molar-refractivity contribution in [3.63, 3.8) is 0 Å². The first-order valence-electron chi connectivity index (χ1n) is 10.1. The van der Waals surface area contributed by atoms with Gasteiger partial charge in [0.2, 0.25) is 0 Å². The molecule has 0 unspecified atom stereocenters. The van der Waals surface area contributed by atoms with Crippen LogP contribution in [0.25, 0.3) is 16.9 Å². The quantitative estimate of drug-likeness (QED) is 0.713. The van der Waals surface area contributed by atoms with Crippen molar-refractivity contribution in [2.24, 2.45) is 0 Å². The molecule has 144 valence electrons. The number of hydrogen-bond acceptors (Lipinski definition) is 5. The second-order valence-corrected chi connectivity index (χ2v) is 7.88. The summed E-state index contributed by atoms with van der Waals surface area (Å²) in [5, 5.41) is 6.58. The van der Waals surface area contributed by atoms with E-state index >= 15 is 0 Å². The number of fused-ring (bicyclic) bond motifs is 1. The van der Waals surface area contributed by atoms with E-state index < -0.39 is 0 Å². The van der Waals surface area contributed by atoms with Crippen LogP contribution in [0.5, 0.6) is 0 Å². The molecule has 0 aliphatic heterocycles. The van der Waals surface area contributed by atoms with Crippen LogP contribution in [-0.4, -0.2) is 37.5 Å². The molecule has 5 rings (SSSR count). The average Bonchev–Trinajstić information content (AvgIpc) is 3.17. The topological polar surface area (TPSA) is 84.7 Å². The molecular weight excluding hydrogens is 352 g/mol. The molecule has 0 bridgehead atoms. The first-order chi connectivity index (χ1) is 13.7. The number of carbonyl (C=O) groups is 1. The van der Waals surface area contributed by atoms with E-state index in [-0.39, 0.29) is 5.91 Å². The predicted molar refractivity (Wildman–Crippen MR) is 108 cm³/mol. The number of carbonyl (C=O) groups excluding carboxylic acids is 1. The van der Waals surface area contributed by atoms with Crippen LogP contribution in [0.3, 0.4) is 0 Å². The van der Waals surface area contributed by atoms with Gasteiger partial charge in [-0.1, -0.05) is 18.9 Å². The number of amides is 1. The lowest BCUT2D eigenvalue weighted by Crippen LogP contribution is -2.25. The molecule has 2 saturated carbocycles. The van der Waals surface area contributed by atoms with Crippen LogP contribution in [0.2, 0.25) is 0 Å². The highest BCUT2D eigenvalue weighted by Crippen LogP contribution is 2.27. The smallest absolute Gasteiger partial charge is 0.251 e. The van der Waals surface area contributed by atoms with Gasteiger partial charge in [-0.3, -0.25) is 9.36 Å². The molecule has 1 aromatic carbocycles. The number of aromatic nitrogens is 4. The van der Waals surface area contributed by atoms with Gasteiger partial charge in [0.25, 0.3) is 5.91 Å². The Morgan fingerprint density at radius 1 is 1.07 bits per heavy atom. The van der Waals surface area contributed by atoms with Crippen molar-refractivity contribution in [3.05, 3.63) is 42.0 Å². The molecule has 7 heteroatoms. The zero-order valence-corrected chi connectivity index (χ0v) is 16.0. The summed E-state index contributed by atoms with van der Waals surface area (Å²) in [7, 11) is 0. The van der Waals surface area contributed by atoms with Gasteiger partial charge in [-0.15, -0.1) is 0 Å². The summed E-state index contributed by atoms with van der Waals surface area (Å²) < 4.78 is 1.94. The lowest BCUT2D eigenvalue weighted by molar-refractivity contribution is 0.0951. The number of nitrogens with one attached hydrogen (secondary N) is 2. The minimum Gasteiger partial charge on any atom is -0.365 e. The van der Waals surface area contributed by atoms with Crippen LogP contribution in [0.4, 0.5) is 5.82 Å². The summed E-state index contributed by atoms with van der Waals surface area (Å²) in [6.07, 6.45) is 10.4. The summed E-state index contributed by atoms with van der Waals surface area (Å²) in [6, 6.07) is 6.56. The fourth-order valence-electron chi connectivity index (χ4n) is 3.89. The van der Waals surface area contributed by atoms with Crippen molar-refractivity contribution in [2.75, 3.05) is 5.32 Å². The maximum absolute atomic E-state index is 12.5. The highest BCUT2D eigenvalue weighted by Gasteiger charge is 2.24. The van der Waals surface area contributed by atoms with Gasteiger partial charge in [-0.25, -0.2) is 15.0 Å². The standard InChI is InChI=1S/C21H24N6O/c1-13-6-7-14(21(28)26-16-8-9-16)10-17(13)27-12-24-18-19(22-11-23-20(18)27)25-15-4-2-3-5-15/h6-7,10-12,15-16H,2-5,8-9H2,1H3,(H,26,28)(H,22,23,25). The van der Waals surface area contributed by atoms with Crippen molar-refractivity contribution in [3.8, 4) is 5.69 Å². The lowest BCUT2D eigenvalue weighted by Gasteiger charge is -2.13. The molecule has 2 fully saturated rings. The van der Waals surface area contributed by atoms with Crippen LogP contribution in [0, 0.1) is 6.92 Å². The van der Waals surface area contributed by atoms with Crippen LogP contribution in [-0.2, 0) is 0 Å². The minimum atomic E-state index is -0.0219. The monoisotopic (exact) mass is 376 g/mol. The maximum atomic E-state index is 12.5. The van der Waals surface area contributed by atoms with Gasteiger partial charge in [0.05, 0.1) is 5.69 Å². The van der Waals surface area contributed by atoms with E-state index in [0.717, 1.165) is 41.1 Å². The van der Waals surface area contributed by atoms with Crippen molar-refractivity contribution in [2.45, 2.75) is 57.5 Å². The Balaban J connectivity index is 1.51. The second kappa shape index (κ2) is 6.89. The summed E-state index contributed by atoms with van der Waals surface area (Å²) in [5.74, 6) is 0.766.